The van der Waals surface area contributed by atoms with Crippen LogP contribution in [0, 0.1) is 0 Å². The average molecular weight is 263 g/mol. The summed E-state index contributed by atoms with van der Waals surface area (Å²) < 4.78 is 2.12. The maximum Gasteiger partial charge on any atom is 0.222 e. The molecular weight excluding hydrogens is 242 g/mol. The summed E-state index contributed by atoms with van der Waals surface area (Å²) >= 11 is 0. The van der Waals surface area contributed by atoms with E-state index in [4.69, 9.17) is 5.73 Å². The molecule has 0 aromatic carbocycles. The first-order valence-electron chi connectivity index (χ1n) is 7.08. The van der Waals surface area contributed by atoms with Crippen molar-refractivity contribution in [1.29, 1.82) is 0 Å². The molecule has 0 saturated heterocycles. The Morgan fingerprint density at radius 1 is 1.47 bits per heavy atom. The number of aryl methyl sites for hydroxylation is 1. The van der Waals surface area contributed by atoms with Crippen molar-refractivity contribution in [2.45, 2.75) is 63.6 Å². The van der Waals surface area contributed by atoms with E-state index in [1.165, 1.54) is 0 Å². The van der Waals surface area contributed by atoms with Crippen molar-refractivity contribution >= 4 is 5.91 Å². The van der Waals surface area contributed by atoms with Gasteiger partial charge in [-0.2, -0.15) is 0 Å². The average Bonchev–Trinajstić information content (AvgIpc) is 2.87. The molecule has 1 aliphatic heterocycles. The Morgan fingerprint density at radius 2 is 2.26 bits per heavy atom. The summed E-state index contributed by atoms with van der Waals surface area (Å²) in [5.41, 5.74) is 5.83. The quantitative estimate of drug-likeness (QED) is 0.836. The van der Waals surface area contributed by atoms with Crippen molar-refractivity contribution in [1.82, 2.24) is 20.1 Å². The van der Waals surface area contributed by atoms with Gasteiger partial charge in [0, 0.05) is 24.9 Å². The van der Waals surface area contributed by atoms with Gasteiger partial charge in [-0.1, -0.05) is 0 Å². The fourth-order valence-electron chi connectivity index (χ4n) is 2.98. The molecule has 2 heterocycles. The Bertz CT molecular complexity index is 491. The highest BCUT2D eigenvalue weighted by Gasteiger charge is 2.35. The van der Waals surface area contributed by atoms with E-state index in [0.717, 1.165) is 50.3 Å². The number of carbonyl (C=O) groups excluding carboxylic acids is 1. The molecule has 0 spiro atoms. The Hall–Kier alpha value is -1.43. The van der Waals surface area contributed by atoms with E-state index in [-0.39, 0.29) is 17.5 Å². The molecule has 104 valence electrons. The maximum absolute atomic E-state index is 12.0. The smallest absolute Gasteiger partial charge is 0.222 e. The molecule has 3 rings (SSSR count). The fourth-order valence-corrected chi connectivity index (χ4v) is 2.98. The van der Waals surface area contributed by atoms with E-state index in [9.17, 15) is 4.79 Å². The first-order valence-corrected chi connectivity index (χ1v) is 7.08. The number of fused-ring (bicyclic) bond motifs is 1. The predicted molar refractivity (Wildman–Crippen MR) is 70.3 cm³/mol. The lowest BCUT2D eigenvalue weighted by molar-refractivity contribution is -0.123. The summed E-state index contributed by atoms with van der Waals surface area (Å²) in [5.74, 6) is 1.91. The maximum atomic E-state index is 12.0. The molecule has 6 nitrogen and oxygen atoms in total. The summed E-state index contributed by atoms with van der Waals surface area (Å²) in [6.45, 7) is 2.91. The van der Waals surface area contributed by atoms with Crippen LogP contribution in [0.4, 0.5) is 0 Å². The van der Waals surface area contributed by atoms with Crippen LogP contribution in [0.3, 0.4) is 0 Å². The Balaban J connectivity index is 1.61. The van der Waals surface area contributed by atoms with Gasteiger partial charge in [0.2, 0.25) is 5.91 Å². The summed E-state index contributed by atoms with van der Waals surface area (Å²) in [5, 5.41) is 11.3. The van der Waals surface area contributed by atoms with Crippen LogP contribution < -0.4 is 11.1 Å². The van der Waals surface area contributed by atoms with E-state index in [1.807, 2.05) is 6.92 Å². The molecule has 6 heteroatoms. The van der Waals surface area contributed by atoms with E-state index in [0.29, 0.717) is 6.42 Å². The third-order valence-electron chi connectivity index (χ3n) is 4.26. The van der Waals surface area contributed by atoms with Gasteiger partial charge in [-0.25, -0.2) is 0 Å². The van der Waals surface area contributed by atoms with E-state index >= 15 is 0 Å². The van der Waals surface area contributed by atoms with Crippen LogP contribution in [-0.4, -0.2) is 26.2 Å². The largest absolute Gasteiger partial charge is 0.346 e. The van der Waals surface area contributed by atoms with Crippen LogP contribution in [0.1, 0.15) is 56.7 Å². The minimum absolute atomic E-state index is 0.0186. The second kappa shape index (κ2) is 4.59. The van der Waals surface area contributed by atoms with Gasteiger partial charge in [0.15, 0.2) is 5.82 Å². The van der Waals surface area contributed by atoms with Crippen molar-refractivity contribution in [3.8, 4) is 0 Å². The zero-order chi connectivity index (χ0) is 13.5. The fraction of sp³-hybridized carbons (Fsp3) is 0.769. The van der Waals surface area contributed by atoms with Crippen molar-refractivity contribution < 1.29 is 4.79 Å². The first-order chi connectivity index (χ1) is 9.07. The molecule has 1 aromatic heterocycles. The Kier molecular flexibility index (Phi) is 3.05. The van der Waals surface area contributed by atoms with Gasteiger partial charge >= 0.3 is 0 Å². The van der Waals surface area contributed by atoms with Crippen molar-refractivity contribution in [2.75, 3.05) is 0 Å². The van der Waals surface area contributed by atoms with Crippen molar-refractivity contribution in [3.05, 3.63) is 11.6 Å². The molecule has 1 unspecified atom stereocenters. The molecule has 3 N–H and O–H groups in total. The number of carbonyl (C=O) groups is 1. The number of amides is 1. The number of hydrogen-bond acceptors (Lipinski definition) is 4. The summed E-state index contributed by atoms with van der Waals surface area (Å²) in [7, 11) is 0. The standard InChI is InChI=1S/C13H21N5O/c1-9(12-17-16-10-4-2-7-18(10)12)15-11(19)8-13(14)5-3-6-13/h9H,2-8,14H2,1H3,(H,15,19). The van der Waals surface area contributed by atoms with Gasteiger partial charge in [0.05, 0.1) is 6.04 Å². The predicted octanol–water partition coefficient (Wildman–Crippen LogP) is 0.673. The number of nitrogens with two attached hydrogens (primary N) is 1. The molecule has 1 amide bonds. The monoisotopic (exact) mass is 263 g/mol. The molecular formula is C13H21N5O. The molecule has 19 heavy (non-hydrogen) atoms. The minimum Gasteiger partial charge on any atom is -0.346 e. The summed E-state index contributed by atoms with van der Waals surface area (Å²) in [6, 6.07) is -0.101. The number of nitrogens with one attached hydrogen (secondary N) is 1. The zero-order valence-corrected chi connectivity index (χ0v) is 11.4. The minimum atomic E-state index is -0.267. The van der Waals surface area contributed by atoms with E-state index in [2.05, 4.69) is 20.1 Å². The molecule has 0 radical (unpaired) electrons. The molecule has 1 aliphatic carbocycles. The summed E-state index contributed by atoms with van der Waals surface area (Å²) in [6.07, 6.45) is 5.56. The van der Waals surface area contributed by atoms with E-state index in [1.54, 1.807) is 0 Å². The van der Waals surface area contributed by atoms with Gasteiger partial charge in [0.25, 0.3) is 0 Å². The number of hydrogen-bond donors (Lipinski definition) is 2. The van der Waals surface area contributed by atoms with Gasteiger partial charge in [-0.15, -0.1) is 10.2 Å². The SMILES string of the molecule is CC(NC(=O)CC1(N)CCC1)c1nnc2n1CCC2. The van der Waals surface area contributed by atoms with Crippen LogP contribution >= 0.6 is 0 Å². The normalized spacial score (nSPS) is 21.6. The van der Waals surface area contributed by atoms with Crippen LogP contribution in [-0.2, 0) is 17.8 Å². The van der Waals surface area contributed by atoms with Gasteiger partial charge in [-0.3, -0.25) is 4.79 Å². The van der Waals surface area contributed by atoms with Gasteiger partial charge < -0.3 is 15.6 Å². The van der Waals surface area contributed by atoms with Gasteiger partial charge in [-0.05, 0) is 32.6 Å². The third-order valence-corrected chi connectivity index (χ3v) is 4.26. The number of aromatic nitrogens is 3. The highest BCUT2D eigenvalue weighted by molar-refractivity contribution is 5.77. The number of nitrogens with zero attached hydrogens (tertiary/aromatic N) is 3. The lowest BCUT2D eigenvalue weighted by Gasteiger charge is -2.37. The molecule has 2 aliphatic rings. The topological polar surface area (TPSA) is 85.8 Å². The van der Waals surface area contributed by atoms with Crippen molar-refractivity contribution in [2.24, 2.45) is 5.73 Å². The lowest BCUT2D eigenvalue weighted by Crippen LogP contribution is -2.50. The molecule has 1 saturated carbocycles. The highest BCUT2D eigenvalue weighted by Crippen LogP contribution is 2.32. The van der Waals surface area contributed by atoms with Crippen LogP contribution in [0.5, 0.6) is 0 Å². The first kappa shape index (κ1) is 12.6. The molecule has 1 fully saturated rings. The van der Waals surface area contributed by atoms with Crippen LogP contribution in [0.15, 0.2) is 0 Å². The van der Waals surface area contributed by atoms with Crippen molar-refractivity contribution in [3.63, 3.8) is 0 Å². The molecule has 1 atom stereocenters. The van der Waals surface area contributed by atoms with Crippen LogP contribution in [0.25, 0.3) is 0 Å². The Morgan fingerprint density at radius 3 is 2.95 bits per heavy atom. The van der Waals surface area contributed by atoms with Gasteiger partial charge in [0.1, 0.15) is 5.82 Å². The molecule has 0 bridgehead atoms. The highest BCUT2D eigenvalue weighted by atomic mass is 16.1. The zero-order valence-electron chi connectivity index (χ0n) is 11.4. The lowest BCUT2D eigenvalue weighted by atomic mass is 9.75. The van der Waals surface area contributed by atoms with Crippen LogP contribution in [0.2, 0.25) is 0 Å². The third kappa shape index (κ3) is 2.36. The number of rotatable bonds is 4. The second-order valence-electron chi connectivity index (χ2n) is 5.91. The molecule has 1 aromatic rings. The Labute approximate surface area is 112 Å². The summed E-state index contributed by atoms with van der Waals surface area (Å²) in [4.78, 5) is 12.0. The van der Waals surface area contributed by atoms with E-state index < -0.39 is 0 Å². The second-order valence-corrected chi connectivity index (χ2v) is 5.91.